The highest BCUT2D eigenvalue weighted by Crippen LogP contribution is 2.39. The van der Waals surface area contributed by atoms with Crippen LogP contribution in [0.3, 0.4) is 0 Å². The van der Waals surface area contributed by atoms with Crippen LogP contribution in [-0.4, -0.2) is 35.2 Å². The van der Waals surface area contributed by atoms with Crippen molar-refractivity contribution in [1.82, 2.24) is 5.32 Å². The van der Waals surface area contributed by atoms with E-state index in [4.69, 9.17) is 4.74 Å². The first-order valence-corrected chi connectivity index (χ1v) is 11.5. The summed E-state index contributed by atoms with van der Waals surface area (Å²) in [5, 5.41) is 25.2. The first-order valence-electron chi connectivity index (χ1n) is 11.5. The van der Waals surface area contributed by atoms with Gasteiger partial charge in [0.05, 0.1) is 12.7 Å². The molecule has 31 heavy (non-hydrogen) atoms. The van der Waals surface area contributed by atoms with Crippen molar-refractivity contribution in [2.75, 3.05) is 7.11 Å². The van der Waals surface area contributed by atoms with Crippen LogP contribution < -0.4 is 5.32 Å². The zero-order valence-electron chi connectivity index (χ0n) is 19.8. The molecular weight excluding hydrogens is 386 g/mol. The molecule has 2 radical (unpaired) electrons. The van der Waals surface area contributed by atoms with Crippen molar-refractivity contribution in [3.05, 3.63) is 72.8 Å². The second-order valence-corrected chi connectivity index (χ2v) is 9.34. The van der Waals surface area contributed by atoms with Gasteiger partial charge in [0.15, 0.2) is 0 Å². The summed E-state index contributed by atoms with van der Waals surface area (Å²) in [4.78, 5) is 0. The summed E-state index contributed by atoms with van der Waals surface area (Å²) in [6.07, 6.45) is 17.9. The van der Waals surface area contributed by atoms with Gasteiger partial charge in [-0.15, -0.1) is 0 Å². The van der Waals surface area contributed by atoms with Gasteiger partial charge in [0.25, 0.3) is 0 Å². The van der Waals surface area contributed by atoms with Crippen LogP contribution in [0, 0.1) is 31.1 Å². The van der Waals surface area contributed by atoms with E-state index in [9.17, 15) is 10.2 Å². The predicted octanol–water partition coefficient (Wildman–Crippen LogP) is 5.04. The Bertz CT molecular complexity index is 721. The maximum Gasteiger partial charge on any atom is 0.128 e. The molecule has 0 aromatic heterocycles. The molecule has 0 heterocycles. The SMILES string of the molecule is [CH2]/C=C/C(C)=C(\C=C\C1(O)CCC([C@H](C)C(NC(O)C2=CC=C[CH]2)C(C)C)CC1)OC. The number of nitrogens with one attached hydrogen (secondary N) is 1. The molecule has 1 fully saturated rings. The molecule has 2 aliphatic carbocycles. The summed E-state index contributed by atoms with van der Waals surface area (Å²) >= 11 is 0. The van der Waals surface area contributed by atoms with E-state index in [1.807, 2.05) is 49.8 Å². The lowest BCUT2D eigenvalue weighted by molar-refractivity contribution is 0.0155. The van der Waals surface area contributed by atoms with E-state index in [0.29, 0.717) is 17.8 Å². The Labute approximate surface area is 189 Å². The van der Waals surface area contributed by atoms with Gasteiger partial charge >= 0.3 is 0 Å². The first-order chi connectivity index (χ1) is 14.7. The van der Waals surface area contributed by atoms with Crippen molar-refractivity contribution < 1.29 is 14.9 Å². The van der Waals surface area contributed by atoms with Crippen LogP contribution in [0.5, 0.6) is 0 Å². The maximum atomic E-state index is 11.1. The molecule has 1 saturated carbocycles. The molecule has 0 aliphatic heterocycles. The second-order valence-electron chi connectivity index (χ2n) is 9.34. The van der Waals surface area contributed by atoms with E-state index in [0.717, 1.165) is 42.6 Å². The zero-order valence-corrected chi connectivity index (χ0v) is 19.8. The largest absolute Gasteiger partial charge is 0.496 e. The fourth-order valence-corrected chi connectivity index (χ4v) is 4.78. The Morgan fingerprint density at radius 3 is 2.42 bits per heavy atom. The van der Waals surface area contributed by atoms with E-state index in [2.05, 4.69) is 33.0 Å². The molecule has 3 atom stereocenters. The number of hydrogen-bond donors (Lipinski definition) is 3. The minimum Gasteiger partial charge on any atom is -0.496 e. The average molecular weight is 428 g/mol. The average Bonchev–Trinajstić information content (AvgIpc) is 3.27. The molecule has 2 rings (SSSR count). The number of allylic oxidation sites excluding steroid dienone is 7. The molecule has 2 unspecified atom stereocenters. The summed E-state index contributed by atoms with van der Waals surface area (Å²) in [6.45, 7) is 12.4. The Kier molecular flexibility index (Phi) is 9.80. The Hall–Kier alpha value is -1.62. The van der Waals surface area contributed by atoms with E-state index in [1.54, 1.807) is 13.2 Å². The summed E-state index contributed by atoms with van der Waals surface area (Å²) < 4.78 is 5.46. The number of aliphatic hydroxyl groups excluding tert-OH is 1. The van der Waals surface area contributed by atoms with Crippen molar-refractivity contribution in [2.45, 2.75) is 71.2 Å². The normalized spacial score (nSPS) is 28.2. The quantitative estimate of drug-likeness (QED) is 0.260. The molecular formula is C27H41NO3. The van der Waals surface area contributed by atoms with E-state index in [-0.39, 0.29) is 6.04 Å². The molecule has 0 bridgehead atoms. The zero-order chi connectivity index (χ0) is 23.0. The standard InChI is InChI=1S/C27H41NO3/c1-7-10-20(4)24(31-6)15-18-27(30)16-13-22(14-17-27)21(5)25(19(2)3)28-26(29)23-11-8-9-12-23/h7-12,15,18-19,21-22,25-26,28-30H,1,13-14,16-17H2,2-6H3/b10-7+,18-15+,24-20+/t21-,22?,25?,26?,27?/m0/s1. The second kappa shape index (κ2) is 11.8. The smallest absolute Gasteiger partial charge is 0.128 e. The molecule has 3 N–H and O–H groups in total. The van der Waals surface area contributed by atoms with Gasteiger partial charge in [-0.3, -0.25) is 5.32 Å². The number of ether oxygens (including phenoxy) is 1. The molecule has 4 nitrogen and oxygen atoms in total. The monoisotopic (exact) mass is 427 g/mol. The highest BCUT2D eigenvalue weighted by Gasteiger charge is 2.36. The number of aliphatic hydroxyl groups is 2. The molecule has 0 aromatic rings. The fraction of sp³-hybridized carbons (Fsp3) is 0.556. The van der Waals surface area contributed by atoms with Crippen LogP contribution in [0.15, 0.2) is 59.4 Å². The summed E-state index contributed by atoms with van der Waals surface area (Å²) in [5.41, 5.74) is 1.09. The Morgan fingerprint density at radius 2 is 1.90 bits per heavy atom. The van der Waals surface area contributed by atoms with E-state index < -0.39 is 11.8 Å². The topological polar surface area (TPSA) is 61.7 Å². The highest BCUT2D eigenvalue weighted by atomic mass is 16.5. The molecule has 0 aromatic carbocycles. The number of rotatable bonds is 10. The van der Waals surface area contributed by atoms with Crippen molar-refractivity contribution >= 4 is 0 Å². The third-order valence-corrected chi connectivity index (χ3v) is 6.80. The van der Waals surface area contributed by atoms with Gasteiger partial charge in [-0.25, -0.2) is 0 Å². The summed E-state index contributed by atoms with van der Waals surface area (Å²) in [6, 6.07) is 0.205. The minimum absolute atomic E-state index is 0.205. The van der Waals surface area contributed by atoms with Gasteiger partial charge in [-0.2, -0.15) is 0 Å². The number of hydrogen-bond acceptors (Lipinski definition) is 4. The molecule has 4 heteroatoms. The van der Waals surface area contributed by atoms with Crippen LogP contribution in [0.1, 0.15) is 53.4 Å². The van der Waals surface area contributed by atoms with E-state index >= 15 is 0 Å². The van der Waals surface area contributed by atoms with Crippen LogP contribution in [-0.2, 0) is 4.74 Å². The Morgan fingerprint density at radius 1 is 1.23 bits per heavy atom. The van der Waals surface area contributed by atoms with Crippen LogP contribution in [0.25, 0.3) is 0 Å². The fourth-order valence-electron chi connectivity index (χ4n) is 4.78. The third-order valence-electron chi connectivity index (χ3n) is 6.80. The van der Waals surface area contributed by atoms with Crippen molar-refractivity contribution in [3.8, 4) is 0 Å². The Balaban J connectivity index is 1.99. The molecule has 2 aliphatic rings. The molecule has 0 saturated heterocycles. The van der Waals surface area contributed by atoms with Crippen LogP contribution in [0.2, 0.25) is 0 Å². The van der Waals surface area contributed by atoms with Gasteiger partial charge in [0.2, 0.25) is 0 Å². The lowest BCUT2D eigenvalue weighted by Gasteiger charge is -2.41. The van der Waals surface area contributed by atoms with Gasteiger partial charge in [0, 0.05) is 12.5 Å². The maximum absolute atomic E-state index is 11.1. The predicted molar refractivity (Wildman–Crippen MR) is 129 cm³/mol. The van der Waals surface area contributed by atoms with Crippen molar-refractivity contribution in [2.24, 2.45) is 17.8 Å². The van der Waals surface area contributed by atoms with Crippen molar-refractivity contribution in [1.29, 1.82) is 0 Å². The van der Waals surface area contributed by atoms with Crippen LogP contribution >= 0.6 is 0 Å². The molecule has 172 valence electrons. The van der Waals surface area contributed by atoms with Gasteiger partial charge in [-0.1, -0.05) is 51.2 Å². The number of methoxy groups -OCH3 is 1. The summed E-state index contributed by atoms with van der Waals surface area (Å²) in [5.74, 6) is 2.05. The van der Waals surface area contributed by atoms with Gasteiger partial charge in [0.1, 0.15) is 12.0 Å². The van der Waals surface area contributed by atoms with Gasteiger partial charge in [-0.05, 0) is 80.6 Å². The first kappa shape index (κ1) is 25.6. The van der Waals surface area contributed by atoms with Gasteiger partial charge < -0.3 is 14.9 Å². The minimum atomic E-state index is -0.802. The molecule has 0 amide bonds. The highest BCUT2D eigenvalue weighted by molar-refractivity contribution is 5.36. The third kappa shape index (κ3) is 7.20. The lowest BCUT2D eigenvalue weighted by Crippen LogP contribution is -2.49. The lowest BCUT2D eigenvalue weighted by atomic mass is 9.70. The molecule has 0 spiro atoms. The summed E-state index contributed by atoms with van der Waals surface area (Å²) in [7, 11) is 1.64. The van der Waals surface area contributed by atoms with Crippen molar-refractivity contribution in [3.63, 3.8) is 0 Å². The van der Waals surface area contributed by atoms with Crippen LogP contribution in [0.4, 0.5) is 0 Å². The van der Waals surface area contributed by atoms with E-state index in [1.165, 1.54) is 0 Å².